The molecule has 0 saturated carbocycles. The number of rotatable bonds is 22. The predicted octanol–water partition coefficient (Wildman–Crippen LogP) is 16.2. The van der Waals surface area contributed by atoms with Crippen molar-refractivity contribution in [2.45, 2.75) is 90.9 Å². The van der Waals surface area contributed by atoms with Gasteiger partial charge in [0.15, 0.2) is 0 Å². The van der Waals surface area contributed by atoms with Crippen molar-refractivity contribution in [3.8, 4) is 45.3 Å². The fraction of sp³-hybridized carbons (Fsp3) is 0.233. The third-order valence-electron chi connectivity index (χ3n) is 11.9. The van der Waals surface area contributed by atoms with Crippen LogP contribution in [0.2, 0.25) is 10.0 Å². The molecule has 0 unspecified atom stereocenters. The summed E-state index contributed by atoms with van der Waals surface area (Å²) < 4.78 is 22.3. The van der Waals surface area contributed by atoms with E-state index in [2.05, 4.69) is 62.4 Å². The molecule has 0 bridgehead atoms. The molecule has 0 aliphatic heterocycles. The fourth-order valence-corrected chi connectivity index (χ4v) is 8.30. The van der Waals surface area contributed by atoms with Gasteiger partial charge in [0.2, 0.25) is 0 Å². The van der Waals surface area contributed by atoms with Gasteiger partial charge in [-0.05, 0) is 132 Å². The molecule has 0 aromatic heterocycles. The first-order chi connectivity index (χ1) is 34.1. The van der Waals surface area contributed by atoms with Crippen molar-refractivity contribution in [1.82, 2.24) is 0 Å². The van der Waals surface area contributed by atoms with E-state index in [1.165, 1.54) is 130 Å². The summed E-state index contributed by atoms with van der Waals surface area (Å²) in [5, 5.41) is 0.0578. The summed E-state index contributed by atoms with van der Waals surface area (Å²) in [4.78, 5) is 52.4. The number of carbonyl (C=O) groups is 4. The Hall–Kier alpha value is -7.00. The maximum atomic E-state index is 13.1. The number of aryl methyl sites for hydroxylation is 2. The van der Waals surface area contributed by atoms with Crippen LogP contribution in [-0.2, 0) is 12.8 Å². The number of hydrogen-bond acceptors (Lipinski definition) is 8. The Labute approximate surface area is 420 Å². The Kier molecular flexibility index (Phi) is 18.6. The highest BCUT2D eigenvalue weighted by atomic mass is 35.5. The van der Waals surface area contributed by atoms with Gasteiger partial charge in [-0.2, -0.15) is 0 Å². The number of ether oxygens (including phenoxy) is 4. The second kappa shape index (κ2) is 25.6. The molecule has 7 aromatic carbocycles. The van der Waals surface area contributed by atoms with Crippen molar-refractivity contribution in [2.75, 3.05) is 0 Å². The lowest BCUT2D eigenvalue weighted by molar-refractivity contribution is 0.0723. The minimum Gasteiger partial charge on any atom is -0.423 e. The van der Waals surface area contributed by atoms with Crippen LogP contribution in [0.3, 0.4) is 0 Å². The van der Waals surface area contributed by atoms with Crippen LogP contribution in [0.25, 0.3) is 22.3 Å². The summed E-state index contributed by atoms with van der Waals surface area (Å²) >= 11 is 12.9. The normalized spacial score (nSPS) is 10.9. The standard InChI is InChI=1S/C60H56Cl2O8/c1-3-5-7-9-11-14-41-18-22-43(23-19-41)45-26-30-47(31-27-45)57(63)69-55-36-34-49(38-53(55)61)59(65)67-51-16-13-17-52(40-51)68-60(66)50-35-37-56(54(62)39-50)70-58(64)48-32-28-46(29-33-48)44-24-20-42(21-25-44)15-12-10-8-6-4-2/h13,16-40H,3-12,14-15H2,1-2H3. The molecular weight excluding hydrogens is 920 g/mol. The van der Waals surface area contributed by atoms with Gasteiger partial charge in [0.1, 0.15) is 23.0 Å². The van der Waals surface area contributed by atoms with Gasteiger partial charge in [0, 0.05) is 6.07 Å². The van der Waals surface area contributed by atoms with E-state index in [4.69, 9.17) is 42.1 Å². The molecule has 8 nitrogen and oxygen atoms in total. The molecule has 10 heteroatoms. The van der Waals surface area contributed by atoms with Crippen LogP contribution in [0.4, 0.5) is 0 Å². The average molecular weight is 976 g/mol. The van der Waals surface area contributed by atoms with E-state index in [1.807, 2.05) is 24.3 Å². The van der Waals surface area contributed by atoms with Crippen molar-refractivity contribution < 1.29 is 38.1 Å². The van der Waals surface area contributed by atoms with E-state index < -0.39 is 23.9 Å². The van der Waals surface area contributed by atoms with Crippen LogP contribution in [0.1, 0.15) is 131 Å². The molecule has 0 fully saturated rings. The molecule has 0 aliphatic carbocycles. The van der Waals surface area contributed by atoms with E-state index in [1.54, 1.807) is 30.3 Å². The summed E-state index contributed by atoms with van der Waals surface area (Å²) in [5.41, 5.74) is 7.56. The molecule has 7 rings (SSSR count). The summed E-state index contributed by atoms with van der Waals surface area (Å²) in [6.07, 6.45) is 14.6. The highest BCUT2D eigenvalue weighted by Crippen LogP contribution is 2.31. The molecule has 0 radical (unpaired) electrons. The maximum absolute atomic E-state index is 13.1. The Morgan fingerprint density at radius 3 is 1.04 bits per heavy atom. The highest BCUT2D eigenvalue weighted by molar-refractivity contribution is 6.33. The highest BCUT2D eigenvalue weighted by Gasteiger charge is 2.19. The van der Waals surface area contributed by atoms with Gasteiger partial charge >= 0.3 is 23.9 Å². The van der Waals surface area contributed by atoms with Gasteiger partial charge in [0.05, 0.1) is 32.3 Å². The van der Waals surface area contributed by atoms with E-state index >= 15 is 0 Å². The second-order valence-electron chi connectivity index (χ2n) is 17.2. The Balaban J connectivity index is 0.874. The number of benzene rings is 7. The van der Waals surface area contributed by atoms with Gasteiger partial charge in [-0.25, -0.2) is 19.2 Å². The van der Waals surface area contributed by atoms with Crippen LogP contribution in [0.5, 0.6) is 23.0 Å². The zero-order valence-corrected chi connectivity index (χ0v) is 41.0. The molecule has 0 heterocycles. The van der Waals surface area contributed by atoms with E-state index in [-0.39, 0.29) is 44.2 Å². The SMILES string of the molecule is CCCCCCCc1ccc(-c2ccc(C(=O)Oc3ccc(C(=O)Oc4cccc(OC(=O)c5ccc(OC(=O)c6ccc(-c7ccc(CCCCCCC)cc7)cc6)c(Cl)c5)c4)cc3Cl)cc2)cc1. The maximum Gasteiger partial charge on any atom is 0.343 e. The van der Waals surface area contributed by atoms with Crippen molar-refractivity contribution in [1.29, 1.82) is 0 Å². The van der Waals surface area contributed by atoms with Crippen LogP contribution in [0, 0.1) is 0 Å². The zero-order chi connectivity index (χ0) is 49.2. The first-order valence-corrected chi connectivity index (χ1v) is 24.8. The van der Waals surface area contributed by atoms with Gasteiger partial charge < -0.3 is 18.9 Å². The molecule has 0 spiro atoms. The van der Waals surface area contributed by atoms with Gasteiger partial charge in [-0.3, -0.25) is 0 Å². The largest absolute Gasteiger partial charge is 0.423 e. The fourth-order valence-electron chi connectivity index (χ4n) is 7.86. The quantitative estimate of drug-likeness (QED) is 0.0376. The summed E-state index contributed by atoms with van der Waals surface area (Å²) in [7, 11) is 0. The molecule has 0 N–H and O–H groups in total. The molecule has 0 amide bonds. The molecule has 358 valence electrons. The Morgan fingerprint density at radius 1 is 0.357 bits per heavy atom. The minimum atomic E-state index is -0.750. The summed E-state index contributed by atoms with van der Waals surface area (Å²) in [6.45, 7) is 4.44. The number of esters is 4. The zero-order valence-electron chi connectivity index (χ0n) is 39.5. The lowest BCUT2D eigenvalue weighted by atomic mass is 10.00. The number of halogens is 2. The van der Waals surface area contributed by atoms with Crippen LogP contribution >= 0.6 is 23.2 Å². The number of hydrogen-bond donors (Lipinski definition) is 0. The van der Waals surface area contributed by atoms with E-state index in [0.717, 1.165) is 35.1 Å². The third-order valence-corrected chi connectivity index (χ3v) is 12.5. The Morgan fingerprint density at radius 2 is 0.686 bits per heavy atom. The molecule has 70 heavy (non-hydrogen) atoms. The van der Waals surface area contributed by atoms with Crippen LogP contribution in [0.15, 0.2) is 158 Å². The predicted molar refractivity (Wildman–Crippen MR) is 278 cm³/mol. The van der Waals surface area contributed by atoms with Crippen molar-refractivity contribution in [2.24, 2.45) is 0 Å². The minimum absolute atomic E-state index is 0.0289. The van der Waals surface area contributed by atoms with E-state index in [0.29, 0.717) is 11.1 Å². The number of carbonyl (C=O) groups excluding carboxylic acids is 4. The van der Waals surface area contributed by atoms with E-state index in [9.17, 15) is 19.2 Å². The monoisotopic (exact) mass is 974 g/mol. The molecule has 0 saturated heterocycles. The van der Waals surface area contributed by atoms with Crippen LogP contribution in [-0.4, -0.2) is 23.9 Å². The molecule has 0 aliphatic rings. The lowest BCUT2D eigenvalue weighted by Gasteiger charge is -2.11. The average Bonchev–Trinajstić information content (AvgIpc) is 3.38. The molecular formula is C60H56Cl2O8. The topological polar surface area (TPSA) is 105 Å². The Bertz CT molecular complexity index is 2680. The van der Waals surface area contributed by atoms with Gasteiger partial charge in [0.25, 0.3) is 0 Å². The first kappa shape index (κ1) is 50.9. The second-order valence-corrected chi connectivity index (χ2v) is 18.0. The van der Waals surface area contributed by atoms with Gasteiger partial charge in [-0.15, -0.1) is 0 Å². The van der Waals surface area contributed by atoms with Crippen molar-refractivity contribution in [3.05, 3.63) is 201 Å². The molecule has 7 aromatic rings. The number of unbranched alkanes of at least 4 members (excludes halogenated alkanes) is 8. The first-order valence-electron chi connectivity index (χ1n) is 24.0. The van der Waals surface area contributed by atoms with Crippen LogP contribution < -0.4 is 18.9 Å². The van der Waals surface area contributed by atoms with Crippen molar-refractivity contribution >= 4 is 47.1 Å². The lowest BCUT2D eigenvalue weighted by Crippen LogP contribution is -2.12. The van der Waals surface area contributed by atoms with Crippen molar-refractivity contribution in [3.63, 3.8) is 0 Å². The smallest absolute Gasteiger partial charge is 0.343 e. The summed E-state index contributed by atoms with van der Waals surface area (Å²) in [5.74, 6) is -2.38. The third kappa shape index (κ3) is 14.5. The van der Waals surface area contributed by atoms with Gasteiger partial charge in [-0.1, -0.05) is 167 Å². The summed E-state index contributed by atoms with van der Waals surface area (Å²) in [6, 6.07) is 45.7. The molecule has 0 atom stereocenters.